The fourth-order valence-electron chi connectivity index (χ4n) is 2.77. The van der Waals surface area contributed by atoms with E-state index in [0.717, 1.165) is 38.3 Å². The number of nitrogens with zero attached hydrogens (tertiary/aromatic N) is 2. The van der Waals surface area contributed by atoms with E-state index in [4.69, 9.17) is 4.74 Å². The molecule has 19 heavy (non-hydrogen) atoms. The van der Waals surface area contributed by atoms with Gasteiger partial charge in [0.05, 0.1) is 6.61 Å². The van der Waals surface area contributed by atoms with Gasteiger partial charge in [-0.3, -0.25) is 9.69 Å². The Hall–Kier alpha value is -1.75. The van der Waals surface area contributed by atoms with E-state index in [0.29, 0.717) is 6.61 Å². The second-order valence-electron chi connectivity index (χ2n) is 5.01. The molecule has 2 aliphatic rings. The number of esters is 1. The lowest BCUT2D eigenvalue weighted by Crippen LogP contribution is -2.51. The summed E-state index contributed by atoms with van der Waals surface area (Å²) in [5.41, 5.74) is 1.12. The topological polar surface area (TPSA) is 53.0 Å². The Morgan fingerprint density at radius 2 is 1.79 bits per heavy atom. The van der Waals surface area contributed by atoms with Crippen LogP contribution >= 0.6 is 0 Å². The fraction of sp³-hybridized carbons (Fsp3) is 0.500. The third kappa shape index (κ3) is 2.51. The summed E-state index contributed by atoms with van der Waals surface area (Å²) in [6.07, 6.45) is 0.818. The van der Waals surface area contributed by atoms with Crippen LogP contribution < -0.4 is 4.90 Å². The minimum atomic E-state index is -0.0712. The first-order valence-electron chi connectivity index (χ1n) is 6.69. The summed E-state index contributed by atoms with van der Waals surface area (Å²) < 4.78 is 5.02. The molecular weight excluding hydrogens is 244 g/mol. The molecule has 2 fully saturated rings. The van der Waals surface area contributed by atoms with Crippen LogP contribution in [-0.4, -0.2) is 54.8 Å². The predicted octanol–water partition coefficient (Wildman–Crippen LogP) is 0.830. The van der Waals surface area contributed by atoms with Gasteiger partial charge in [0, 0.05) is 38.3 Å². The zero-order valence-corrected chi connectivity index (χ0v) is 10.8. The smallest absolute Gasteiger partial charge is 0.323 e. The molecule has 0 bridgehead atoms. The van der Waals surface area contributed by atoms with Crippen LogP contribution in [-0.2, 0) is 9.53 Å². The van der Waals surface area contributed by atoms with Crippen molar-refractivity contribution in [3.8, 4) is 5.75 Å². The standard InChI is InChI=1S/C14H18N2O3/c17-12-3-1-11(2-4-12)15-6-8-16(9-7-15)13-5-10-19-14(13)18/h1-4,13,17H,5-10H2. The zero-order valence-electron chi connectivity index (χ0n) is 10.8. The molecule has 0 aliphatic carbocycles. The number of phenols is 1. The third-order valence-corrected chi connectivity index (χ3v) is 3.88. The number of carbonyl (C=O) groups excluding carboxylic acids is 1. The third-order valence-electron chi connectivity index (χ3n) is 3.88. The van der Waals surface area contributed by atoms with Gasteiger partial charge in [-0.1, -0.05) is 0 Å². The average Bonchev–Trinajstić information content (AvgIpc) is 2.86. The second-order valence-corrected chi connectivity index (χ2v) is 5.01. The highest BCUT2D eigenvalue weighted by Crippen LogP contribution is 2.22. The van der Waals surface area contributed by atoms with E-state index in [2.05, 4.69) is 9.80 Å². The number of rotatable bonds is 2. The molecule has 0 radical (unpaired) electrons. The molecule has 2 aliphatic heterocycles. The SMILES string of the molecule is O=C1OCCC1N1CCN(c2ccc(O)cc2)CC1. The maximum Gasteiger partial charge on any atom is 0.323 e. The monoisotopic (exact) mass is 262 g/mol. The first-order chi connectivity index (χ1) is 9.24. The molecule has 5 heteroatoms. The zero-order chi connectivity index (χ0) is 13.2. The number of hydrogen-bond acceptors (Lipinski definition) is 5. The molecule has 1 aromatic rings. The normalized spacial score (nSPS) is 24.5. The molecular formula is C14H18N2O3. The first kappa shape index (κ1) is 12.3. The molecule has 1 aromatic carbocycles. The van der Waals surface area contributed by atoms with Gasteiger partial charge in [-0.2, -0.15) is 0 Å². The Morgan fingerprint density at radius 3 is 2.37 bits per heavy atom. The maximum atomic E-state index is 11.6. The molecule has 2 heterocycles. The van der Waals surface area contributed by atoms with Gasteiger partial charge in [0.2, 0.25) is 0 Å². The average molecular weight is 262 g/mol. The van der Waals surface area contributed by atoms with Crippen molar-refractivity contribution >= 4 is 11.7 Å². The highest BCUT2D eigenvalue weighted by molar-refractivity contribution is 5.77. The number of cyclic esters (lactones) is 1. The van der Waals surface area contributed by atoms with Gasteiger partial charge in [0.15, 0.2) is 0 Å². The van der Waals surface area contributed by atoms with E-state index in [1.54, 1.807) is 12.1 Å². The van der Waals surface area contributed by atoms with Crippen molar-refractivity contribution < 1.29 is 14.6 Å². The number of anilines is 1. The van der Waals surface area contributed by atoms with Crippen LogP contribution in [0.2, 0.25) is 0 Å². The van der Waals surface area contributed by atoms with Gasteiger partial charge in [-0.25, -0.2) is 0 Å². The lowest BCUT2D eigenvalue weighted by Gasteiger charge is -2.37. The van der Waals surface area contributed by atoms with E-state index in [-0.39, 0.29) is 17.8 Å². The summed E-state index contributed by atoms with van der Waals surface area (Å²) in [6.45, 7) is 4.10. The van der Waals surface area contributed by atoms with Gasteiger partial charge in [-0.05, 0) is 24.3 Å². The van der Waals surface area contributed by atoms with Crippen molar-refractivity contribution in [1.29, 1.82) is 0 Å². The van der Waals surface area contributed by atoms with Crippen molar-refractivity contribution in [2.24, 2.45) is 0 Å². The van der Waals surface area contributed by atoms with Gasteiger partial charge >= 0.3 is 5.97 Å². The molecule has 1 atom stereocenters. The molecule has 3 rings (SSSR count). The Bertz CT molecular complexity index is 452. The molecule has 0 amide bonds. The molecule has 5 nitrogen and oxygen atoms in total. The number of benzene rings is 1. The quantitative estimate of drug-likeness (QED) is 0.800. The van der Waals surface area contributed by atoms with Gasteiger partial charge in [0.1, 0.15) is 11.8 Å². The molecule has 2 saturated heterocycles. The highest BCUT2D eigenvalue weighted by atomic mass is 16.5. The Balaban J connectivity index is 1.60. The summed E-state index contributed by atoms with van der Waals surface area (Å²) in [5, 5.41) is 9.29. The number of carbonyl (C=O) groups is 1. The Morgan fingerprint density at radius 1 is 1.11 bits per heavy atom. The van der Waals surface area contributed by atoms with Crippen LogP contribution in [0.25, 0.3) is 0 Å². The predicted molar refractivity (Wildman–Crippen MR) is 71.3 cm³/mol. The summed E-state index contributed by atoms with van der Waals surface area (Å²) >= 11 is 0. The number of phenolic OH excluding ortho intramolecular Hbond substituents is 1. The molecule has 102 valence electrons. The summed E-state index contributed by atoms with van der Waals surface area (Å²) in [7, 11) is 0. The van der Waals surface area contributed by atoms with Crippen LogP contribution in [0.5, 0.6) is 5.75 Å². The van der Waals surface area contributed by atoms with Crippen LogP contribution in [0.15, 0.2) is 24.3 Å². The largest absolute Gasteiger partial charge is 0.508 e. The van der Waals surface area contributed by atoms with Crippen molar-refractivity contribution in [2.45, 2.75) is 12.5 Å². The summed E-state index contributed by atoms with van der Waals surface area (Å²) in [5.74, 6) is 0.217. The number of hydrogen-bond donors (Lipinski definition) is 1. The van der Waals surface area contributed by atoms with Crippen LogP contribution in [0.3, 0.4) is 0 Å². The van der Waals surface area contributed by atoms with E-state index in [1.807, 2.05) is 12.1 Å². The molecule has 1 N–H and O–H groups in total. The first-order valence-corrected chi connectivity index (χ1v) is 6.69. The molecule has 1 unspecified atom stereocenters. The number of ether oxygens (including phenoxy) is 1. The maximum absolute atomic E-state index is 11.6. The van der Waals surface area contributed by atoms with E-state index in [1.165, 1.54) is 0 Å². The van der Waals surface area contributed by atoms with Crippen LogP contribution in [0.4, 0.5) is 5.69 Å². The van der Waals surface area contributed by atoms with Crippen molar-refractivity contribution in [3.05, 3.63) is 24.3 Å². The Labute approximate surface area is 112 Å². The van der Waals surface area contributed by atoms with Gasteiger partial charge in [0.25, 0.3) is 0 Å². The van der Waals surface area contributed by atoms with Crippen molar-refractivity contribution in [2.75, 3.05) is 37.7 Å². The van der Waals surface area contributed by atoms with Crippen molar-refractivity contribution in [1.82, 2.24) is 4.90 Å². The van der Waals surface area contributed by atoms with E-state index < -0.39 is 0 Å². The minimum Gasteiger partial charge on any atom is -0.508 e. The van der Waals surface area contributed by atoms with Gasteiger partial charge in [-0.15, -0.1) is 0 Å². The van der Waals surface area contributed by atoms with E-state index in [9.17, 15) is 9.90 Å². The molecule has 0 aromatic heterocycles. The van der Waals surface area contributed by atoms with E-state index >= 15 is 0 Å². The highest BCUT2D eigenvalue weighted by Gasteiger charge is 2.33. The lowest BCUT2D eigenvalue weighted by molar-refractivity contribution is -0.142. The second kappa shape index (κ2) is 5.09. The van der Waals surface area contributed by atoms with Crippen LogP contribution in [0, 0.1) is 0 Å². The Kier molecular flexibility index (Phi) is 3.29. The number of aromatic hydroxyl groups is 1. The molecule has 0 saturated carbocycles. The fourth-order valence-corrected chi connectivity index (χ4v) is 2.77. The number of piperazine rings is 1. The molecule has 0 spiro atoms. The van der Waals surface area contributed by atoms with Crippen molar-refractivity contribution in [3.63, 3.8) is 0 Å². The lowest BCUT2D eigenvalue weighted by atomic mass is 10.1. The summed E-state index contributed by atoms with van der Waals surface area (Å²) in [6, 6.07) is 7.22. The minimum absolute atomic E-state index is 0.0398. The van der Waals surface area contributed by atoms with Gasteiger partial charge < -0.3 is 14.7 Å². The summed E-state index contributed by atoms with van der Waals surface area (Å²) in [4.78, 5) is 16.0. The van der Waals surface area contributed by atoms with Crippen LogP contribution in [0.1, 0.15) is 6.42 Å².